The van der Waals surface area contributed by atoms with Crippen LogP contribution in [0.25, 0.3) is 10.9 Å². The molecule has 1 aromatic carbocycles. The minimum atomic E-state index is -0.592. The number of fused-ring (bicyclic) bond motifs is 1. The first kappa shape index (κ1) is 19.3. The fraction of sp³-hybridized carbons (Fsp3) is 0.652. The van der Waals surface area contributed by atoms with Gasteiger partial charge in [0, 0.05) is 29.2 Å². The topological polar surface area (TPSA) is 68.7 Å². The predicted octanol–water partition coefficient (Wildman–Crippen LogP) is 3.90. The van der Waals surface area contributed by atoms with Crippen molar-refractivity contribution in [2.24, 2.45) is 5.41 Å². The summed E-state index contributed by atoms with van der Waals surface area (Å²) in [6.45, 7) is 4.32. The first-order valence-corrected chi connectivity index (χ1v) is 10.7. The molecule has 0 spiro atoms. The van der Waals surface area contributed by atoms with Gasteiger partial charge in [-0.25, -0.2) is 4.39 Å². The molecule has 2 aliphatic heterocycles. The first-order chi connectivity index (χ1) is 13.7. The second-order valence-corrected chi connectivity index (χ2v) is 10.1. The number of aromatic nitrogens is 1. The summed E-state index contributed by atoms with van der Waals surface area (Å²) in [6, 6.07) is 3.91. The average Bonchev–Trinajstić information content (AvgIpc) is 3.04. The van der Waals surface area contributed by atoms with E-state index in [0.717, 1.165) is 43.2 Å². The third kappa shape index (κ3) is 2.99. The monoisotopic (exact) mass is 402 g/mol. The largest absolute Gasteiger partial charge is 0.494 e. The molecule has 2 aliphatic carbocycles. The molecule has 5 nitrogen and oxygen atoms in total. The molecule has 2 saturated heterocycles. The van der Waals surface area contributed by atoms with Crippen molar-refractivity contribution >= 4 is 10.9 Å². The van der Waals surface area contributed by atoms with E-state index in [1.54, 1.807) is 6.07 Å². The molecule has 6 heteroatoms. The normalized spacial score (nSPS) is 35.9. The molecule has 2 saturated carbocycles. The van der Waals surface area contributed by atoms with Crippen LogP contribution in [0.1, 0.15) is 63.9 Å². The van der Waals surface area contributed by atoms with E-state index in [-0.39, 0.29) is 35.0 Å². The number of hydrogen-bond acceptors (Lipinski definition) is 4. The van der Waals surface area contributed by atoms with E-state index in [1.165, 1.54) is 7.11 Å². The lowest BCUT2D eigenvalue weighted by Gasteiger charge is -2.64. The maximum atomic E-state index is 14.9. The van der Waals surface area contributed by atoms with Gasteiger partial charge in [-0.05, 0) is 67.6 Å². The van der Waals surface area contributed by atoms with Crippen molar-refractivity contribution in [1.82, 2.24) is 9.88 Å². The molecule has 158 valence electrons. The van der Waals surface area contributed by atoms with Crippen LogP contribution in [-0.4, -0.2) is 51.1 Å². The predicted molar refractivity (Wildman–Crippen MR) is 109 cm³/mol. The highest BCUT2D eigenvalue weighted by Crippen LogP contribution is 2.58. The van der Waals surface area contributed by atoms with Gasteiger partial charge >= 0.3 is 0 Å². The molecule has 0 amide bonds. The van der Waals surface area contributed by atoms with Crippen LogP contribution in [-0.2, 0) is 0 Å². The van der Waals surface area contributed by atoms with E-state index in [0.29, 0.717) is 11.8 Å². The average molecular weight is 403 g/mol. The zero-order chi connectivity index (χ0) is 20.6. The molecule has 1 aromatic heterocycles. The van der Waals surface area contributed by atoms with Crippen molar-refractivity contribution in [1.29, 1.82) is 0 Å². The summed E-state index contributed by atoms with van der Waals surface area (Å²) in [6.07, 6.45) is 6.26. The van der Waals surface area contributed by atoms with Gasteiger partial charge in [-0.15, -0.1) is 0 Å². The lowest BCUT2D eigenvalue weighted by atomic mass is 9.54. The molecule has 4 unspecified atom stereocenters. The first-order valence-electron chi connectivity index (χ1n) is 10.7. The maximum absolute atomic E-state index is 14.9. The molecule has 0 radical (unpaired) electrons. The smallest absolute Gasteiger partial charge is 0.174 e. The third-order valence-electron chi connectivity index (χ3n) is 7.72. The molecule has 3 N–H and O–H groups in total. The minimum absolute atomic E-state index is 0.0174. The van der Waals surface area contributed by atoms with Crippen LogP contribution in [0.3, 0.4) is 0 Å². The van der Waals surface area contributed by atoms with Crippen LogP contribution in [0, 0.1) is 11.2 Å². The number of ether oxygens (including phenoxy) is 1. The van der Waals surface area contributed by atoms with Crippen LogP contribution < -0.4 is 4.74 Å². The fourth-order valence-corrected chi connectivity index (χ4v) is 6.91. The number of benzene rings is 1. The van der Waals surface area contributed by atoms with E-state index in [4.69, 9.17) is 4.74 Å². The number of aliphatic hydroxyl groups excluding tert-OH is 1. The lowest BCUT2D eigenvalue weighted by molar-refractivity contribution is -0.221. The van der Waals surface area contributed by atoms with Crippen molar-refractivity contribution in [2.45, 2.75) is 82.2 Å². The van der Waals surface area contributed by atoms with E-state index in [2.05, 4.69) is 16.8 Å². The van der Waals surface area contributed by atoms with Gasteiger partial charge in [-0.3, -0.25) is 4.90 Å². The van der Waals surface area contributed by atoms with Gasteiger partial charge < -0.3 is 19.9 Å². The Kier molecular flexibility index (Phi) is 4.29. The summed E-state index contributed by atoms with van der Waals surface area (Å²) in [7, 11) is 1.47. The summed E-state index contributed by atoms with van der Waals surface area (Å²) in [5, 5.41) is 22.7. The van der Waals surface area contributed by atoms with Gasteiger partial charge in [-0.1, -0.05) is 13.8 Å². The van der Waals surface area contributed by atoms with Gasteiger partial charge in [0.25, 0.3) is 0 Å². The summed E-state index contributed by atoms with van der Waals surface area (Å²) in [4.78, 5) is 5.40. The molecule has 29 heavy (non-hydrogen) atoms. The van der Waals surface area contributed by atoms with Crippen LogP contribution in [0.2, 0.25) is 0 Å². The van der Waals surface area contributed by atoms with Crippen LogP contribution in [0.15, 0.2) is 18.3 Å². The number of piperidine rings is 2. The lowest BCUT2D eigenvalue weighted by Crippen LogP contribution is -2.69. The van der Waals surface area contributed by atoms with Crippen molar-refractivity contribution < 1.29 is 19.3 Å². The number of aliphatic hydroxyl groups is 2. The van der Waals surface area contributed by atoms with Gasteiger partial charge in [-0.2, -0.15) is 0 Å². The Hall–Kier alpha value is -1.63. The molecule has 4 fully saturated rings. The summed E-state index contributed by atoms with van der Waals surface area (Å²) < 4.78 is 20.0. The molecule has 3 heterocycles. The number of H-pyrrole nitrogens is 1. The molecular formula is C23H31FN2O3. The zero-order valence-corrected chi connectivity index (χ0v) is 17.4. The van der Waals surface area contributed by atoms with Gasteiger partial charge in [0.1, 0.15) is 6.23 Å². The molecule has 4 bridgehead atoms. The van der Waals surface area contributed by atoms with Crippen molar-refractivity contribution in [3.8, 4) is 5.75 Å². The number of methoxy groups -OCH3 is 1. The Morgan fingerprint density at radius 2 is 1.97 bits per heavy atom. The van der Waals surface area contributed by atoms with E-state index in [1.807, 2.05) is 19.2 Å². The maximum Gasteiger partial charge on any atom is 0.174 e. The van der Waals surface area contributed by atoms with Crippen LogP contribution in [0.4, 0.5) is 4.39 Å². The summed E-state index contributed by atoms with van der Waals surface area (Å²) in [5.41, 5.74) is 1.24. The fourth-order valence-electron chi connectivity index (χ4n) is 6.91. The van der Waals surface area contributed by atoms with Crippen molar-refractivity contribution in [2.75, 3.05) is 7.11 Å². The van der Waals surface area contributed by atoms with Crippen LogP contribution >= 0.6 is 0 Å². The van der Waals surface area contributed by atoms with Crippen molar-refractivity contribution in [3.63, 3.8) is 0 Å². The number of rotatable bonds is 5. The highest BCUT2D eigenvalue weighted by molar-refractivity contribution is 5.86. The van der Waals surface area contributed by atoms with Crippen LogP contribution in [0.5, 0.6) is 5.75 Å². The van der Waals surface area contributed by atoms with E-state index < -0.39 is 11.8 Å². The van der Waals surface area contributed by atoms with Gasteiger partial charge in [0.05, 0.1) is 12.7 Å². The number of nitrogens with zero attached hydrogens (tertiary/aromatic N) is 1. The SMILES string of the molecule is COc1ccc2[nH]cc(C(C)CC(O)N3C4CC5(C)CC3CC(O)(C4)C5)c2c1F. The molecule has 4 aliphatic rings. The Bertz CT molecular complexity index is 906. The van der Waals surface area contributed by atoms with Gasteiger partial charge in [0.15, 0.2) is 11.6 Å². The zero-order valence-electron chi connectivity index (χ0n) is 17.4. The summed E-state index contributed by atoms with van der Waals surface area (Å²) in [5.74, 6) is -0.138. The standard InChI is InChI=1S/C23H31FN2O3/c1-13(16-11-25-17-4-5-18(29-3)21(24)20(16)17)6-19(27)26-14-7-22(2)8-15(26)10-23(28,9-14)12-22/h4-5,11,13-15,19,25,27-28H,6-10,12H2,1-3H3. The Morgan fingerprint density at radius 3 is 2.59 bits per heavy atom. The second kappa shape index (κ2) is 6.43. The van der Waals surface area contributed by atoms with E-state index in [9.17, 15) is 14.6 Å². The number of nitrogens with one attached hydrogen (secondary N) is 1. The molecule has 2 aromatic rings. The molecular weight excluding hydrogens is 371 g/mol. The number of aromatic amines is 1. The van der Waals surface area contributed by atoms with E-state index >= 15 is 0 Å². The minimum Gasteiger partial charge on any atom is -0.494 e. The number of halogens is 1. The third-order valence-corrected chi connectivity index (χ3v) is 7.72. The Balaban J connectivity index is 1.38. The highest BCUT2D eigenvalue weighted by atomic mass is 19.1. The van der Waals surface area contributed by atoms with Gasteiger partial charge in [0.2, 0.25) is 0 Å². The van der Waals surface area contributed by atoms with Crippen molar-refractivity contribution in [3.05, 3.63) is 29.7 Å². The second-order valence-electron chi connectivity index (χ2n) is 10.1. The molecule has 6 rings (SSSR count). The number of hydrogen-bond donors (Lipinski definition) is 3. The summed E-state index contributed by atoms with van der Waals surface area (Å²) >= 11 is 0. The Morgan fingerprint density at radius 1 is 1.28 bits per heavy atom. The molecule has 4 atom stereocenters. The quantitative estimate of drug-likeness (QED) is 0.710. The Labute approximate surface area is 170 Å². The highest BCUT2D eigenvalue weighted by Gasteiger charge is 2.59.